The molecule has 29 heavy (non-hydrogen) atoms. The quantitative estimate of drug-likeness (QED) is 0.631. The van der Waals surface area contributed by atoms with E-state index in [1.54, 1.807) is 0 Å². The number of carbonyl (C=O) groups excluding carboxylic acids is 1. The number of hydrogen-bond acceptors (Lipinski definition) is 7. The summed E-state index contributed by atoms with van der Waals surface area (Å²) in [4.78, 5) is 18.6. The molecule has 1 fully saturated rings. The molecule has 0 saturated carbocycles. The van der Waals surface area contributed by atoms with Crippen LogP contribution in [-0.4, -0.2) is 55.6 Å². The highest BCUT2D eigenvalue weighted by Crippen LogP contribution is 2.24. The average molecular weight is 396 g/mol. The second kappa shape index (κ2) is 8.42. The summed E-state index contributed by atoms with van der Waals surface area (Å²) in [6.45, 7) is 5.34. The average Bonchev–Trinajstić information content (AvgIpc) is 3.41. The third-order valence-electron chi connectivity index (χ3n) is 5.06. The van der Waals surface area contributed by atoms with Crippen LogP contribution < -0.4 is 4.74 Å². The molecule has 1 amide bonds. The van der Waals surface area contributed by atoms with Gasteiger partial charge in [0.2, 0.25) is 0 Å². The Hall–Kier alpha value is -3.23. The van der Waals surface area contributed by atoms with Crippen molar-refractivity contribution < 1.29 is 14.1 Å². The van der Waals surface area contributed by atoms with Crippen molar-refractivity contribution in [3.8, 4) is 17.3 Å². The van der Waals surface area contributed by atoms with Crippen LogP contribution in [0.25, 0.3) is 11.6 Å². The molecule has 0 unspecified atom stereocenters. The molecule has 0 aliphatic carbocycles. The summed E-state index contributed by atoms with van der Waals surface area (Å²) in [6, 6.07) is 7.89. The number of hydrogen-bond donors (Lipinski definition) is 0. The highest BCUT2D eigenvalue weighted by Gasteiger charge is 2.25. The van der Waals surface area contributed by atoms with Crippen LogP contribution in [0.5, 0.6) is 5.75 Å². The van der Waals surface area contributed by atoms with Gasteiger partial charge in [-0.3, -0.25) is 4.79 Å². The Morgan fingerprint density at radius 3 is 2.86 bits per heavy atom. The van der Waals surface area contributed by atoms with Gasteiger partial charge >= 0.3 is 0 Å². The molecule has 1 aliphatic heterocycles. The molecule has 0 bridgehead atoms. The van der Waals surface area contributed by atoms with Crippen molar-refractivity contribution in [2.75, 3.05) is 19.7 Å². The highest BCUT2D eigenvalue weighted by molar-refractivity contribution is 5.77. The standard InChI is InChI=1S/C20H24N6O3/c1-3-18-21-20(29-23-18)17-12-26(24-22-17)15-7-9-25(10-8-15)19(27)13-28-16-6-4-5-14(2)11-16/h4-6,11-12,15H,3,7-10,13H2,1-2H3. The first-order valence-corrected chi connectivity index (χ1v) is 9.84. The number of aromatic nitrogens is 5. The lowest BCUT2D eigenvalue weighted by Gasteiger charge is -2.31. The Bertz CT molecular complexity index is 974. The van der Waals surface area contributed by atoms with Gasteiger partial charge in [0.05, 0.1) is 12.2 Å². The van der Waals surface area contributed by atoms with Crippen molar-refractivity contribution in [1.29, 1.82) is 0 Å². The van der Waals surface area contributed by atoms with Gasteiger partial charge in [-0.1, -0.05) is 29.4 Å². The lowest BCUT2D eigenvalue weighted by molar-refractivity contribution is -0.134. The van der Waals surface area contributed by atoms with Crippen LogP contribution in [0.3, 0.4) is 0 Å². The Balaban J connectivity index is 1.29. The van der Waals surface area contributed by atoms with Crippen molar-refractivity contribution in [1.82, 2.24) is 30.0 Å². The first-order chi connectivity index (χ1) is 14.1. The van der Waals surface area contributed by atoms with Crippen molar-refractivity contribution >= 4 is 5.91 Å². The molecule has 3 heterocycles. The Kier molecular flexibility index (Phi) is 5.55. The van der Waals surface area contributed by atoms with E-state index in [0.29, 0.717) is 36.9 Å². The van der Waals surface area contributed by atoms with E-state index in [0.717, 1.165) is 24.2 Å². The minimum atomic E-state index is 0.00203. The second-order valence-electron chi connectivity index (χ2n) is 7.17. The molecule has 4 rings (SSSR count). The van der Waals surface area contributed by atoms with E-state index >= 15 is 0 Å². The number of carbonyl (C=O) groups is 1. The summed E-state index contributed by atoms with van der Waals surface area (Å²) in [5, 5.41) is 12.3. The maximum Gasteiger partial charge on any atom is 0.280 e. The minimum absolute atomic E-state index is 0.00203. The van der Waals surface area contributed by atoms with Gasteiger partial charge in [-0.05, 0) is 37.5 Å². The predicted molar refractivity (Wildman–Crippen MR) is 104 cm³/mol. The fraction of sp³-hybridized carbons (Fsp3) is 0.450. The molecular weight excluding hydrogens is 372 g/mol. The topological polar surface area (TPSA) is 99.2 Å². The summed E-state index contributed by atoms with van der Waals surface area (Å²) in [6.07, 6.45) is 4.15. The van der Waals surface area contributed by atoms with Crippen LogP contribution in [-0.2, 0) is 11.2 Å². The molecule has 0 radical (unpaired) electrons. The molecule has 0 N–H and O–H groups in total. The van der Waals surface area contributed by atoms with E-state index in [1.165, 1.54) is 0 Å². The van der Waals surface area contributed by atoms with Crippen molar-refractivity contribution in [3.63, 3.8) is 0 Å². The van der Waals surface area contributed by atoms with Crippen molar-refractivity contribution in [2.45, 2.75) is 39.2 Å². The summed E-state index contributed by atoms with van der Waals surface area (Å²) in [5.41, 5.74) is 1.68. The normalized spacial score (nSPS) is 14.9. The number of ether oxygens (including phenoxy) is 1. The summed E-state index contributed by atoms with van der Waals surface area (Å²) in [5.74, 6) is 1.75. The van der Waals surface area contributed by atoms with Crippen LogP contribution in [0.1, 0.15) is 37.2 Å². The number of amides is 1. The summed E-state index contributed by atoms with van der Waals surface area (Å²) < 4.78 is 12.7. The lowest BCUT2D eigenvalue weighted by atomic mass is 10.1. The van der Waals surface area contributed by atoms with Gasteiger partial charge in [0.15, 0.2) is 18.1 Å². The summed E-state index contributed by atoms with van der Waals surface area (Å²) >= 11 is 0. The van der Waals surface area contributed by atoms with Gasteiger partial charge in [0.25, 0.3) is 11.8 Å². The van der Waals surface area contributed by atoms with Gasteiger partial charge < -0.3 is 14.2 Å². The molecule has 152 valence electrons. The number of likely N-dealkylation sites (tertiary alicyclic amines) is 1. The zero-order valence-corrected chi connectivity index (χ0v) is 16.6. The van der Waals surface area contributed by atoms with E-state index in [1.807, 2.05) is 53.9 Å². The number of rotatable bonds is 6. The van der Waals surface area contributed by atoms with Gasteiger partial charge in [-0.25, -0.2) is 4.68 Å². The molecule has 9 heteroatoms. The van der Waals surface area contributed by atoms with E-state index in [9.17, 15) is 4.79 Å². The molecule has 2 aromatic heterocycles. The van der Waals surface area contributed by atoms with E-state index < -0.39 is 0 Å². The maximum atomic E-state index is 12.5. The molecule has 1 aromatic carbocycles. The first kappa shape index (κ1) is 19.1. The minimum Gasteiger partial charge on any atom is -0.484 e. The second-order valence-corrected chi connectivity index (χ2v) is 7.17. The Morgan fingerprint density at radius 1 is 1.31 bits per heavy atom. The van der Waals surface area contributed by atoms with Gasteiger partial charge in [-0.2, -0.15) is 4.98 Å². The van der Waals surface area contributed by atoms with Crippen molar-refractivity contribution in [2.24, 2.45) is 0 Å². The molecule has 3 aromatic rings. The number of benzene rings is 1. The van der Waals surface area contributed by atoms with Crippen LogP contribution in [0.2, 0.25) is 0 Å². The van der Waals surface area contributed by atoms with Crippen LogP contribution >= 0.6 is 0 Å². The zero-order valence-electron chi connectivity index (χ0n) is 16.6. The van der Waals surface area contributed by atoms with Gasteiger partial charge in [0, 0.05) is 19.5 Å². The fourth-order valence-electron chi connectivity index (χ4n) is 3.38. The molecule has 9 nitrogen and oxygen atoms in total. The molecule has 0 atom stereocenters. The molecule has 1 aliphatic rings. The van der Waals surface area contributed by atoms with E-state index in [2.05, 4.69) is 20.5 Å². The largest absolute Gasteiger partial charge is 0.484 e. The van der Waals surface area contributed by atoms with E-state index in [4.69, 9.17) is 9.26 Å². The van der Waals surface area contributed by atoms with E-state index in [-0.39, 0.29) is 18.6 Å². The van der Waals surface area contributed by atoms with Crippen LogP contribution in [0.15, 0.2) is 35.0 Å². The number of aryl methyl sites for hydroxylation is 2. The Morgan fingerprint density at radius 2 is 2.14 bits per heavy atom. The highest BCUT2D eigenvalue weighted by atomic mass is 16.5. The van der Waals surface area contributed by atoms with Gasteiger partial charge in [-0.15, -0.1) is 5.10 Å². The maximum absolute atomic E-state index is 12.5. The number of piperidine rings is 1. The number of nitrogens with zero attached hydrogens (tertiary/aromatic N) is 6. The third-order valence-corrected chi connectivity index (χ3v) is 5.06. The SMILES string of the molecule is CCc1noc(-c2cn(C3CCN(C(=O)COc4cccc(C)c4)CC3)nn2)n1. The third kappa shape index (κ3) is 4.44. The van der Waals surface area contributed by atoms with Crippen LogP contribution in [0.4, 0.5) is 0 Å². The molecular formula is C20H24N6O3. The van der Waals surface area contributed by atoms with Gasteiger partial charge in [0.1, 0.15) is 5.75 Å². The molecule has 1 saturated heterocycles. The fourth-order valence-corrected chi connectivity index (χ4v) is 3.38. The predicted octanol–water partition coefficient (Wildman–Crippen LogP) is 2.44. The monoisotopic (exact) mass is 396 g/mol. The molecule has 0 spiro atoms. The lowest BCUT2D eigenvalue weighted by Crippen LogP contribution is -2.41. The zero-order chi connectivity index (χ0) is 20.2. The smallest absolute Gasteiger partial charge is 0.280 e. The van der Waals surface area contributed by atoms with Crippen molar-refractivity contribution in [3.05, 3.63) is 41.9 Å². The van der Waals surface area contributed by atoms with Crippen LogP contribution in [0, 0.1) is 6.92 Å². The Labute approximate surface area is 168 Å². The summed E-state index contributed by atoms with van der Waals surface area (Å²) in [7, 11) is 0. The first-order valence-electron chi connectivity index (χ1n) is 9.84.